The molecule has 0 saturated carbocycles. The van der Waals surface area contributed by atoms with E-state index < -0.39 is 0 Å². The van der Waals surface area contributed by atoms with Gasteiger partial charge in [0.25, 0.3) is 0 Å². The maximum absolute atomic E-state index is 5.54. The van der Waals surface area contributed by atoms with Gasteiger partial charge in [-0.15, -0.1) is 0 Å². The van der Waals surface area contributed by atoms with Crippen molar-refractivity contribution in [3.8, 4) is 0 Å². The summed E-state index contributed by atoms with van der Waals surface area (Å²) in [6.07, 6.45) is 5.79. The van der Waals surface area contributed by atoms with Crippen LogP contribution in [0, 0.1) is 5.41 Å². The average Bonchev–Trinajstić information content (AvgIpc) is 3.20. The molecule has 0 aromatic carbocycles. The van der Waals surface area contributed by atoms with Crippen molar-refractivity contribution in [2.45, 2.75) is 20.8 Å². The number of ether oxygens (including phenoxy) is 1. The van der Waals surface area contributed by atoms with Crippen molar-refractivity contribution in [2.24, 2.45) is 10.4 Å². The van der Waals surface area contributed by atoms with Crippen LogP contribution in [0.3, 0.4) is 0 Å². The van der Waals surface area contributed by atoms with Crippen LogP contribution in [0.25, 0.3) is 16.5 Å². The van der Waals surface area contributed by atoms with Gasteiger partial charge >= 0.3 is 0 Å². The minimum Gasteiger partial charge on any atom is -0.378 e. The van der Waals surface area contributed by atoms with E-state index in [-0.39, 0.29) is 5.41 Å². The summed E-state index contributed by atoms with van der Waals surface area (Å²) in [6, 6.07) is 4.31. The highest BCUT2D eigenvalue weighted by Gasteiger charge is 2.22. The van der Waals surface area contributed by atoms with Crippen molar-refractivity contribution in [1.82, 2.24) is 9.97 Å². The number of allylic oxidation sites excluding steroid dienone is 1. The standard InChI is InChI=1S/C22H29N5O/c1-22(2,3)15-26(4)18-13-19(27-9-11-28-12-10-27)25-21-17(18)6-8-24-20(21)16-5-7-23-14-16/h5-8,13H,9-12,14-15H2,1-4H3. The van der Waals surface area contributed by atoms with Crippen LogP contribution < -0.4 is 9.80 Å². The molecular weight excluding hydrogens is 350 g/mol. The quantitative estimate of drug-likeness (QED) is 0.815. The summed E-state index contributed by atoms with van der Waals surface area (Å²) in [6.45, 7) is 11.6. The third kappa shape index (κ3) is 3.87. The van der Waals surface area contributed by atoms with Crippen molar-refractivity contribution < 1.29 is 4.74 Å². The molecule has 2 aliphatic rings. The number of morpholine rings is 1. The number of hydrogen-bond acceptors (Lipinski definition) is 6. The van der Waals surface area contributed by atoms with Crippen molar-refractivity contribution in [3.05, 3.63) is 30.1 Å². The summed E-state index contributed by atoms with van der Waals surface area (Å²) in [5.74, 6) is 1.00. The lowest BCUT2D eigenvalue weighted by molar-refractivity contribution is 0.122. The third-order valence-electron chi connectivity index (χ3n) is 5.10. The lowest BCUT2D eigenvalue weighted by atomic mass is 9.95. The number of aromatic nitrogens is 2. The van der Waals surface area contributed by atoms with Gasteiger partial charge in [-0.2, -0.15) is 0 Å². The summed E-state index contributed by atoms with van der Waals surface area (Å²) in [7, 11) is 2.17. The zero-order chi connectivity index (χ0) is 19.7. The fourth-order valence-corrected chi connectivity index (χ4v) is 3.92. The second kappa shape index (κ2) is 7.51. The molecule has 0 unspecified atom stereocenters. The van der Waals surface area contributed by atoms with E-state index in [1.807, 2.05) is 18.5 Å². The Hall–Kier alpha value is -2.47. The molecule has 0 atom stereocenters. The number of hydrogen-bond donors (Lipinski definition) is 0. The van der Waals surface area contributed by atoms with Gasteiger partial charge in [-0.05, 0) is 17.6 Å². The monoisotopic (exact) mass is 379 g/mol. The van der Waals surface area contributed by atoms with E-state index in [4.69, 9.17) is 9.72 Å². The van der Waals surface area contributed by atoms with Gasteiger partial charge in [0.1, 0.15) is 11.3 Å². The maximum atomic E-state index is 5.54. The second-order valence-corrected chi connectivity index (χ2v) is 8.75. The molecule has 2 aromatic rings. The number of nitrogens with zero attached hydrogens (tertiary/aromatic N) is 5. The Bertz CT molecular complexity index is 922. The van der Waals surface area contributed by atoms with Crippen LogP contribution in [-0.2, 0) is 4.74 Å². The molecule has 4 rings (SSSR count). The predicted molar refractivity (Wildman–Crippen MR) is 117 cm³/mol. The third-order valence-corrected chi connectivity index (χ3v) is 5.10. The van der Waals surface area contributed by atoms with E-state index >= 15 is 0 Å². The Morgan fingerprint density at radius 2 is 2.00 bits per heavy atom. The number of fused-ring (bicyclic) bond motifs is 1. The fourth-order valence-electron chi connectivity index (χ4n) is 3.92. The molecule has 0 aliphatic carbocycles. The summed E-state index contributed by atoms with van der Waals surface area (Å²) >= 11 is 0. The highest BCUT2D eigenvalue weighted by molar-refractivity contribution is 6.01. The maximum Gasteiger partial charge on any atom is 0.131 e. The summed E-state index contributed by atoms with van der Waals surface area (Å²) in [5, 5.41) is 1.14. The lowest BCUT2D eigenvalue weighted by Gasteiger charge is -2.32. The number of anilines is 2. The Morgan fingerprint density at radius 1 is 1.21 bits per heavy atom. The van der Waals surface area contributed by atoms with Crippen molar-refractivity contribution in [1.29, 1.82) is 0 Å². The van der Waals surface area contributed by atoms with Crippen LogP contribution in [0.1, 0.15) is 26.5 Å². The smallest absolute Gasteiger partial charge is 0.131 e. The number of pyridine rings is 2. The van der Waals surface area contributed by atoms with Gasteiger partial charge in [0.2, 0.25) is 0 Å². The molecule has 2 aromatic heterocycles. The molecule has 6 nitrogen and oxygen atoms in total. The number of rotatable bonds is 4. The first kappa shape index (κ1) is 18.9. The topological polar surface area (TPSA) is 53.9 Å². The van der Waals surface area contributed by atoms with Crippen LogP contribution in [0.5, 0.6) is 0 Å². The Kier molecular flexibility index (Phi) is 5.06. The molecular formula is C22H29N5O. The van der Waals surface area contributed by atoms with E-state index in [1.165, 1.54) is 5.69 Å². The van der Waals surface area contributed by atoms with Crippen molar-refractivity contribution in [3.63, 3.8) is 0 Å². The predicted octanol–water partition coefficient (Wildman–Crippen LogP) is 3.42. The Labute approximate surface area is 166 Å². The van der Waals surface area contributed by atoms with E-state index in [2.05, 4.69) is 59.7 Å². The zero-order valence-corrected chi connectivity index (χ0v) is 17.3. The second-order valence-electron chi connectivity index (χ2n) is 8.75. The highest BCUT2D eigenvalue weighted by atomic mass is 16.5. The van der Waals surface area contributed by atoms with Crippen LogP contribution in [0.2, 0.25) is 0 Å². The van der Waals surface area contributed by atoms with Crippen molar-refractivity contribution in [2.75, 3.05) is 56.2 Å². The van der Waals surface area contributed by atoms with E-state index in [1.54, 1.807) is 0 Å². The summed E-state index contributed by atoms with van der Waals surface area (Å²) < 4.78 is 5.54. The first-order chi connectivity index (χ1) is 13.4. The molecule has 0 N–H and O–H groups in total. The van der Waals surface area contributed by atoms with Crippen molar-refractivity contribution >= 4 is 34.2 Å². The van der Waals surface area contributed by atoms with Gasteiger partial charge in [0.05, 0.1) is 25.5 Å². The molecule has 0 bridgehead atoms. The van der Waals surface area contributed by atoms with Crippen LogP contribution >= 0.6 is 0 Å². The Balaban J connectivity index is 1.86. The zero-order valence-electron chi connectivity index (χ0n) is 17.3. The molecule has 0 amide bonds. The lowest BCUT2D eigenvalue weighted by Crippen LogP contribution is -2.37. The molecule has 1 fully saturated rings. The molecule has 28 heavy (non-hydrogen) atoms. The minimum atomic E-state index is 0.196. The summed E-state index contributed by atoms with van der Waals surface area (Å²) in [5.41, 5.74) is 4.42. The van der Waals surface area contributed by atoms with Crippen LogP contribution in [-0.4, -0.2) is 62.6 Å². The van der Waals surface area contributed by atoms with Crippen LogP contribution in [0.4, 0.5) is 11.5 Å². The fraction of sp³-hybridized carbons (Fsp3) is 0.500. The largest absolute Gasteiger partial charge is 0.378 e. The molecule has 4 heterocycles. The van der Waals surface area contributed by atoms with Gasteiger partial charge < -0.3 is 14.5 Å². The normalized spacial score (nSPS) is 17.3. The molecule has 148 valence electrons. The first-order valence-corrected chi connectivity index (χ1v) is 9.95. The van der Waals surface area contributed by atoms with E-state index in [0.29, 0.717) is 6.54 Å². The average molecular weight is 380 g/mol. The molecule has 0 spiro atoms. The SMILES string of the molecule is CN(CC(C)(C)C)c1cc(N2CCOCC2)nc2c(C3=CC=NC3)nccc12. The molecule has 6 heteroatoms. The molecule has 1 saturated heterocycles. The number of aliphatic imine (C=N–C) groups is 1. The first-order valence-electron chi connectivity index (χ1n) is 9.95. The minimum absolute atomic E-state index is 0.196. The van der Waals surface area contributed by atoms with E-state index in [0.717, 1.165) is 60.8 Å². The van der Waals surface area contributed by atoms with Gasteiger partial charge in [0.15, 0.2) is 0 Å². The van der Waals surface area contributed by atoms with Gasteiger partial charge in [0, 0.05) is 61.8 Å². The van der Waals surface area contributed by atoms with Gasteiger partial charge in [-0.1, -0.05) is 20.8 Å². The van der Waals surface area contributed by atoms with Crippen LogP contribution in [0.15, 0.2) is 29.4 Å². The molecule has 2 aliphatic heterocycles. The van der Waals surface area contributed by atoms with E-state index in [9.17, 15) is 0 Å². The van der Waals surface area contributed by atoms with Gasteiger partial charge in [-0.25, -0.2) is 4.98 Å². The molecule has 0 radical (unpaired) electrons. The van der Waals surface area contributed by atoms with Gasteiger partial charge in [-0.3, -0.25) is 9.98 Å². The summed E-state index contributed by atoms with van der Waals surface area (Å²) in [4.78, 5) is 18.7. The Morgan fingerprint density at radius 3 is 2.68 bits per heavy atom. The highest BCUT2D eigenvalue weighted by Crippen LogP contribution is 2.34.